The molecule has 1 aliphatic rings. The molecule has 0 spiro atoms. The predicted octanol–water partition coefficient (Wildman–Crippen LogP) is 5.64. The number of aromatic nitrogens is 2. The van der Waals surface area contributed by atoms with Crippen LogP contribution in [0.2, 0.25) is 0 Å². The molecule has 7 heteroatoms. The van der Waals surface area contributed by atoms with Crippen LogP contribution in [0.5, 0.6) is 0 Å². The molecule has 0 aliphatic carbocycles. The number of fused-ring (bicyclic) bond motifs is 1. The Hall–Kier alpha value is -4.49. The zero-order chi connectivity index (χ0) is 25.2. The molecule has 37 heavy (non-hydrogen) atoms. The van der Waals surface area contributed by atoms with E-state index in [4.69, 9.17) is 12.2 Å². The Labute approximate surface area is 220 Å². The molecule has 3 aromatic carbocycles. The van der Waals surface area contributed by atoms with Crippen molar-refractivity contribution in [2.24, 2.45) is 0 Å². The van der Waals surface area contributed by atoms with Crippen LogP contribution in [0.25, 0.3) is 16.5 Å². The first-order chi connectivity index (χ1) is 18.2. The van der Waals surface area contributed by atoms with Crippen molar-refractivity contribution in [1.29, 1.82) is 0 Å². The van der Waals surface area contributed by atoms with Gasteiger partial charge in [-0.1, -0.05) is 54.6 Å². The molecule has 182 valence electrons. The summed E-state index contributed by atoms with van der Waals surface area (Å²) in [5.74, 6) is -0.133. The summed E-state index contributed by atoms with van der Waals surface area (Å²) in [6.45, 7) is 0.109. The molecule has 2 aromatic heterocycles. The lowest BCUT2D eigenvalue weighted by Gasteiger charge is -2.28. The lowest BCUT2D eigenvalue weighted by atomic mass is 10.0. The molecule has 1 aliphatic heterocycles. The van der Waals surface area contributed by atoms with Gasteiger partial charge >= 0.3 is 0 Å². The summed E-state index contributed by atoms with van der Waals surface area (Å²) in [5, 5.41) is 9.30. The number of hydrogen-bond donors (Lipinski definition) is 2. The number of rotatable bonds is 6. The summed E-state index contributed by atoms with van der Waals surface area (Å²) < 4.78 is 2.17. The molecule has 5 aromatic rings. The Kier molecular flexibility index (Phi) is 6.12. The van der Waals surface area contributed by atoms with E-state index in [1.165, 1.54) is 10.8 Å². The van der Waals surface area contributed by atoms with Gasteiger partial charge < -0.3 is 20.1 Å². The van der Waals surface area contributed by atoms with E-state index in [9.17, 15) is 4.79 Å². The number of nitrogens with zero attached hydrogens (tertiary/aromatic N) is 3. The lowest BCUT2D eigenvalue weighted by molar-refractivity contribution is -0.116. The summed E-state index contributed by atoms with van der Waals surface area (Å²) in [6, 6.07) is 33.7. The molecule has 0 bridgehead atoms. The number of carbonyl (C=O) groups is 1. The van der Waals surface area contributed by atoms with Crippen LogP contribution in [-0.4, -0.2) is 32.0 Å². The van der Waals surface area contributed by atoms with Gasteiger partial charge in [0.05, 0.1) is 17.8 Å². The molecule has 0 saturated carbocycles. The molecule has 0 unspecified atom stereocenters. The highest BCUT2D eigenvalue weighted by atomic mass is 32.1. The van der Waals surface area contributed by atoms with E-state index < -0.39 is 0 Å². The highest BCUT2D eigenvalue weighted by Crippen LogP contribution is 2.39. The van der Waals surface area contributed by atoms with E-state index in [2.05, 4.69) is 62.8 Å². The van der Waals surface area contributed by atoms with Crippen molar-refractivity contribution in [3.63, 3.8) is 0 Å². The van der Waals surface area contributed by atoms with E-state index in [0.29, 0.717) is 5.11 Å². The molecule has 1 fully saturated rings. The third-order valence-electron chi connectivity index (χ3n) is 6.66. The number of nitrogens with one attached hydrogen (secondary N) is 2. The number of anilines is 1. The summed E-state index contributed by atoms with van der Waals surface area (Å²) in [6.07, 6.45) is 3.84. The fourth-order valence-corrected chi connectivity index (χ4v) is 5.28. The second-order valence-corrected chi connectivity index (χ2v) is 9.39. The maximum absolute atomic E-state index is 13.1. The predicted molar refractivity (Wildman–Crippen MR) is 151 cm³/mol. The van der Waals surface area contributed by atoms with Gasteiger partial charge in [-0.25, -0.2) is 0 Å². The van der Waals surface area contributed by atoms with E-state index in [-0.39, 0.29) is 24.5 Å². The first-order valence-corrected chi connectivity index (χ1v) is 12.6. The van der Waals surface area contributed by atoms with Gasteiger partial charge in [-0.3, -0.25) is 9.78 Å². The van der Waals surface area contributed by atoms with Crippen LogP contribution < -0.4 is 10.6 Å². The first kappa shape index (κ1) is 22.9. The molecule has 0 radical (unpaired) electrons. The van der Waals surface area contributed by atoms with Crippen molar-refractivity contribution < 1.29 is 4.79 Å². The zero-order valence-electron chi connectivity index (χ0n) is 20.0. The normalized spacial score (nSPS) is 17.1. The second-order valence-electron chi connectivity index (χ2n) is 9.00. The highest BCUT2D eigenvalue weighted by molar-refractivity contribution is 7.80. The third-order valence-corrected chi connectivity index (χ3v) is 7.02. The van der Waals surface area contributed by atoms with Crippen molar-refractivity contribution >= 4 is 39.7 Å². The fourth-order valence-electron chi connectivity index (χ4n) is 4.97. The lowest BCUT2D eigenvalue weighted by Crippen LogP contribution is -2.37. The van der Waals surface area contributed by atoms with E-state index in [0.717, 1.165) is 22.8 Å². The Balaban J connectivity index is 1.39. The minimum Gasteiger partial charge on any atom is -0.352 e. The Morgan fingerprint density at radius 1 is 0.892 bits per heavy atom. The van der Waals surface area contributed by atoms with Gasteiger partial charge in [-0.2, -0.15) is 0 Å². The number of para-hydroxylation sites is 1. The standard InChI is InChI=1S/C30H25N5OS/c36-27(32-23-11-2-1-3-12-23)20-35-29(28(33-30(35)37)25-13-6-7-17-31-25)26-14-8-18-34(26)24-16-15-21-9-4-5-10-22(21)19-24/h1-19,28-29H,20H2,(H,32,36)(H,33,37)/t28-,29-/m0/s1. The van der Waals surface area contributed by atoms with E-state index >= 15 is 0 Å². The summed E-state index contributed by atoms with van der Waals surface area (Å²) >= 11 is 5.77. The van der Waals surface area contributed by atoms with E-state index in [1.807, 2.05) is 71.6 Å². The summed E-state index contributed by atoms with van der Waals surface area (Å²) in [7, 11) is 0. The van der Waals surface area contributed by atoms with E-state index in [1.54, 1.807) is 6.20 Å². The van der Waals surface area contributed by atoms with Crippen LogP contribution in [-0.2, 0) is 4.79 Å². The quantitative estimate of drug-likeness (QED) is 0.294. The van der Waals surface area contributed by atoms with Crippen molar-refractivity contribution in [3.05, 3.63) is 127 Å². The molecule has 3 heterocycles. The number of hydrogen-bond acceptors (Lipinski definition) is 3. The molecular formula is C30H25N5OS. The first-order valence-electron chi connectivity index (χ1n) is 12.2. The average Bonchev–Trinajstić information content (AvgIpc) is 3.54. The van der Waals surface area contributed by atoms with Crippen molar-refractivity contribution in [2.75, 3.05) is 11.9 Å². The minimum atomic E-state index is -0.245. The third kappa shape index (κ3) is 4.57. The molecule has 1 saturated heterocycles. The molecule has 2 N–H and O–H groups in total. The largest absolute Gasteiger partial charge is 0.352 e. The molecule has 1 amide bonds. The molecular weight excluding hydrogens is 478 g/mol. The second kappa shape index (κ2) is 9.87. The summed E-state index contributed by atoms with van der Waals surface area (Å²) in [4.78, 5) is 19.7. The van der Waals surface area contributed by atoms with Gasteiger partial charge in [-0.05, 0) is 71.5 Å². The van der Waals surface area contributed by atoms with Crippen LogP contribution >= 0.6 is 12.2 Å². The van der Waals surface area contributed by atoms with Crippen LogP contribution in [0, 0.1) is 0 Å². The summed E-state index contributed by atoms with van der Waals surface area (Å²) in [5.41, 5.74) is 3.69. The van der Waals surface area contributed by atoms with Crippen LogP contribution in [0.3, 0.4) is 0 Å². The minimum absolute atomic E-state index is 0.109. The average molecular weight is 504 g/mol. The zero-order valence-corrected chi connectivity index (χ0v) is 20.8. The van der Waals surface area contributed by atoms with Crippen molar-refractivity contribution in [1.82, 2.24) is 19.8 Å². The Morgan fingerprint density at radius 3 is 2.49 bits per heavy atom. The fraction of sp³-hybridized carbons (Fsp3) is 0.100. The van der Waals surface area contributed by atoms with Gasteiger partial charge in [0.1, 0.15) is 6.54 Å². The number of benzene rings is 3. The number of thiocarbonyl (C=S) groups is 1. The number of amides is 1. The maximum Gasteiger partial charge on any atom is 0.244 e. The number of pyridine rings is 1. The topological polar surface area (TPSA) is 62.2 Å². The van der Waals surface area contributed by atoms with Crippen molar-refractivity contribution in [2.45, 2.75) is 12.1 Å². The monoisotopic (exact) mass is 503 g/mol. The van der Waals surface area contributed by atoms with Gasteiger partial charge in [0, 0.05) is 29.5 Å². The van der Waals surface area contributed by atoms with Gasteiger partial charge in [0.25, 0.3) is 0 Å². The smallest absolute Gasteiger partial charge is 0.244 e. The molecule has 6 nitrogen and oxygen atoms in total. The van der Waals surface area contributed by atoms with Crippen molar-refractivity contribution in [3.8, 4) is 5.69 Å². The van der Waals surface area contributed by atoms with Gasteiger partial charge in [0.15, 0.2) is 5.11 Å². The number of carbonyl (C=O) groups excluding carboxylic acids is 1. The Bertz CT molecular complexity index is 1570. The highest BCUT2D eigenvalue weighted by Gasteiger charge is 2.42. The Morgan fingerprint density at radius 2 is 1.68 bits per heavy atom. The van der Waals surface area contributed by atoms with Crippen LogP contribution in [0.15, 0.2) is 116 Å². The molecule has 6 rings (SSSR count). The molecule has 2 atom stereocenters. The van der Waals surface area contributed by atoms with Crippen LogP contribution in [0.4, 0.5) is 5.69 Å². The SMILES string of the molecule is O=C(CN1C(=S)N[C@@H](c2ccccn2)[C@@H]1c1cccn1-c1ccc2ccccc2c1)Nc1ccccc1. The maximum atomic E-state index is 13.1. The van der Waals surface area contributed by atoms with Gasteiger partial charge in [0.2, 0.25) is 5.91 Å². The van der Waals surface area contributed by atoms with Crippen LogP contribution in [0.1, 0.15) is 23.5 Å². The van der Waals surface area contributed by atoms with Gasteiger partial charge in [-0.15, -0.1) is 0 Å².